The predicted molar refractivity (Wildman–Crippen MR) is 81.9 cm³/mol. The molecular weight excluding hydrogens is 282 g/mol. The van der Waals surface area contributed by atoms with E-state index in [0.29, 0.717) is 11.3 Å². The van der Waals surface area contributed by atoms with E-state index in [1.165, 1.54) is 19.1 Å². The van der Waals surface area contributed by atoms with Crippen LogP contribution in [0.15, 0.2) is 48.8 Å². The van der Waals surface area contributed by atoms with Crippen LogP contribution in [0.2, 0.25) is 0 Å². The third kappa shape index (κ3) is 2.67. The van der Waals surface area contributed by atoms with E-state index < -0.39 is 5.97 Å². The summed E-state index contributed by atoms with van der Waals surface area (Å²) in [4.78, 5) is 26.4. The minimum atomic E-state index is -0.980. The first-order chi connectivity index (χ1) is 10.5. The molecule has 0 saturated heterocycles. The van der Waals surface area contributed by atoms with Crippen molar-refractivity contribution in [3.05, 3.63) is 54.4 Å². The number of aromatic nitrogens is 2. The monoisotopic (exact) mass is 295 g/mol. The summed E-state index contributed by atoms with van der Waals surface area (Å²) in [6.07, 6.45) is 3.50. The lowest BCUT2D eigenvalue weighted by atomic mass is 10.1. The van der Waals surface area contributed by atoms with E-state index in [2.05, 4.69) is 10.3 Å². The van der Waals surface area contributed by atoms with E-state index in [4.69, 9.17) is 5.11 Å². The highest BCUT2D eigenvalue weighted by molar-refractivity contribution is 5.89. The lowest BCUT2D eigenvalue weighted by Gasteiger charge is -2.02. The number of carboxylic acids is 1. The molecule has 22 heavy (non-hydrogen) atoms. The molecule has 2 aromatic heterocycles. The van der Waals surface area contributed by atoms with E-state index >= 15 is 0 Å². The number of nitrogens with one attached hydrogen (secondary N) is 1. The quantitative estimate of drug-likeness (QED) is 0.778. The van der Waals surface area contributed by atoms with Crippen molar-refractivity contribution < 1.29 is 14.7 Å². The number of imidazole rings is 1. The van der Waals surface area contributed by atoms with Crippen LogP contribution in [-0.2, 0) is 4.79 Å². The number of hydrogen-bond acceptors (Lipinski definition) is 3. The summed E-state index contributed by atoms with van der Waals surface area (Å²) in [7, 11) is 0. The topological polar surface area (TPSA) is 83.7 Å². The zero-order valence-electron chi connectivity index (χ0n) is 11.8. The van der Waals surface area contributed by atoms with Gasteiger partial charge in [-0.25, -0.2) is 9.78 Å². The van der Waals surface area contributed by atoms with Crippen LogP contribution >= 0.6 is 0 Å². The molecule has 0 bridgehead atoms. The summed E-state index contributed by atoms with van der Waals surface area (Å²) in [5, 5.41) is 11.7. The van der Waals surface area contributed by atoms with Crippen molar-refractivity contribution in [1.82, 2.24) is 9.38 Å². The minimum Gasteiger partial charge on any atom is -0.478 e. The summed E-state index contributed by atoms with van der Waals surface area (Å²) in [6.45, 7) is 1.45. The maximum Gasteiger partial charge on any atom is 0.335 e. The number of hydrogen-bond donors (Lipinski definition) is 2. The molecule has 0 fully saturated rings. The first-order valence-corrected chi connectivity index (χ1v) is 6.63. The molecule has 0 saturated carbocycles. The largest absolute Gasteiger partial charge is 0.478 e. The van der Waals surface area contributed by atoms with Crippen LogP contribution in [0.25, 0.3) is 16.9 Å². The second kappa shape index (κ2) is 5.33. The van der Waals surface area contributed by atoms with Gasteiger partial charge in [0, 0.05) is 30.6 Å². The summed E-state index contributed by atoms with van der Waals surface area (Å²) in [6, 6.07) is 10.3. The Hall–Kier alpha value is -3.15. The van der Waals surface area contributed by atoms with Gasteiger partial charge >= 0.3 is 5.97 Å². The van der Waals surface area contributed by atoms with Gasteiger partial charge in [-0.05, 0) is 24.3 Å². The summed E-state index contributed by atoms with van der Waals surface area (Å²) < 4.78 is 1.77. The Balaban J connectivity index is 1.95. The number of fused-ring (bicyclic) bond motifs is 1. The first-order valence-electron chi connectivity index (χ1n) is 6.63. The third-order valence-electron chi connectivity index (χ3n) is 3.21. The number of pyridine rings is 1. The second-order valence-electron chi connectivity index (χ2n) is 4.87. The number of amides is 1. The molecule has 3 aromatic rings. The number of anilines is 1. The van der Waals surface area contributed by atoms with E-state index in [1.54, 1.807) is 22.7 Å². The first kappa shape index (κ1) is 13.8. The Bertz CT molecular complexity index is 866. The Kier molecular flexibility index (Phi) is 3.34. The average Bonchev–Trinajstić information content (AvgIpc) is 2.90. The van der Waals surface area contributed by atoms with Crippen LogP contribution in [0.4, 0.5) is 5.69 Å². The van der Waals surface area contributed by atoms with Gasteiger partial charge in [0.2, 0.25) is 5.91 Å². The van der Waals surface area contributed by atoms with Crippen LogP contribution < -0.4 is 5.32 Å². The fourth-order valence-electron chi connectivity index (χ4n) is 2.18. The average molecular weight is 295 g/mol. The van der Waals surface area contributed by atoms with Crippen LogP contribution in [0.5, 0.6) is 0 Å². The molecule has 1 aromatic carbocycles. The third-order valence-corrected chi connectivity index (χ3v) is 3.21. The molecule has 6 heteroatoms. The molecule has 1 amide bonds. The number of carbonyl (C=O) groups excluding carboxylic acids is 1. The Morgan fingerprint density at radius 1 is 1.18 bits per heavy atom. The SMILES string of the molecule is CC(=O)Nc1ccc(-c2cn3ccc(C(=O)O)cc3n2)cc1. The zero-order valence-corrected chi connectivity index (χ0v) is 11.8. The van der Waals surface area contributed by atoms with Gasteiger partial charge in [0.05, 0.1) is 11.3 Å². The Labute approximate surface area is 126 Å². The van der Waals surface area contributed by atoms with Crippen molar-refractivity contribution in [1.29, 1.82) is 0 Å². The molecule has 2 heterocycles. The van der Waals surface area contributed by atoms with Crippen LogP contribution in [-0.4, -0.2) is 26.4 Å². The highest BCUT2D eigenvalue weighted by Gasteiger charge is 2.08. The zero-order chi connectivity index (χ0) is 15.7. The molecule has 0 atom stereocenters. The van der Waals surface area contributed by atoms with Gasteiger partial charge in [0.15, 0.2) is 0 Å². The predicted octanol–water partition coefficient (Wildman–Crippen LogP) is 2.66. The normalized spacial score (nSPS) is 10.6. The number of aromatic carboxylic acids is 1. The molecule has 6 nitrogen and oxygen atoms in total. The van der Waals surface area contributed by atoms with Gasteiger partial charge in [-0.1, -0.05) is 12.1 Å². The minimum absolute atomic E-state index is 0.123. The highest BCUT2D eigenvalue weighted by Crippen LogP contribution is 2.21. The maximum atomic E-state index is 11.0. The fourth-order valence-corrected chi connectivity index (χ4v) is 2.18. The van der Waals surface area contributed by atoms with Crippen LogP contribution in [0, 0.1) is 0 Å². The van der Waals surface area contributed by atoms with Gasteiger partial charge < -0.3 is 14.8 Å². The lowest BCUT2D eigenvalue weighted by Crippen LogP contribution is -2.05. The van der Waals surface area contributed by atoms with E-state index in [1.807, 2.05) is 18.3 Å². The molecule has 0 unspecified atom stereocenters. The molecule has 0 aliphatic rings. The van der Waals surface area contributed by atoms with Crippen molar-refractivity contribution in [2.45, 2.75) is 6.92 Å². The standard InChI is InChI=1S/C16H13N3O3/c1-10(20)17-13-4-2-11(3-5-13)14-9-19-7-6-12(16(21)22)8-15(19)18-14/h2-9H,1H3,(H,17,20)(H,21,22). The molecule has 0 aliphatic heterocycles. The number of carbonyl (C=O) groups is 2. The molecule has 0 radical (unpaired) electrons. The Morgan fingerprint density at radius 3 is 2.55 bits per heavy atom. The molecule has 2 N–H and O–H groups in total. The number of rotatable bonds is 3. The van der Waals surface area contributed by atoms with Gasteiger partial charge in [-0.3, -0.25) is 4.79 Å². The molecule has 3 rings (SSSR count). The van der Waals surface area contributed by atoms with E-state index in [0.717, 1.165) is 11.3 Å². The van der Waals surface area contributed by atoms with Gasteiger partial charge in [-0.2, -0.15) is 0 Å². The van der Waals surface area contributed by atoms with Gasteiger partial charge in [0.1, 0.15) is 5.65 Å². The lowest BCUT2D eigenvalue weighted by molar-refractivity contribution is -0.114. The van der Waals surface area contributed by atoms with Crippen molar-refractivity contribution in [2.75, 3.05) is 5.32 Å². The van der Waals surface area contributed by atoms with Crippen LogP contribution in [0.3, 0.4) is 0 Å². The van der Waals surface area contributed by atoms with E-state index in [9.17, 15) is 9.59 Å². The number of carboxylic acid groups (broad SMARTS) is 1. The van der Waals surface area contributed by atoms with Crippen molar-refractivity contribution >= 4 is 23.2 Å². The summed E-state index contributed by atoms with van der Waals surface area (Å²) in [5.74, 6) is -1.10. The van der Waals surface area contributed by atoms with Gasteiger partial charge in [0.25, 0.3) is 0 Å². The van der Waals surface area contributed by atoms with Crippen molar-refractivity contribution in [3.63, 3.8) is 0 Å². The molecule has 0 spiro atoms. The van der Waals surface area contributed by atoms with Crippen LogP contribution in [0.1, 0.15) is 17.3 Å². The number of benzene rings is 1. The summed E-state index contributed by atoms with van der Waals surface area (Å²) >= 11 is 0. The second-order valence-corrected chi connectivity index (χ2v) is 4.87. The smallest absolute Gasteiger partial charge is 0.335 e. The Morgan fingerprint density at radius 2 is 1.91 bits per heavy atom. The van der Waals surface area contributed by atoms with Gasteiger partial charge in [-0.15, -0.1) is 0 Å². The highest BCUT2D eigenvalue weighted by atomic mass is 16.4. The molecule has 0 aliphatic carbocycles. The summed E-state index contributed by atoms with van der Waals surface area (Å²) in [5.41, 5.74) is 3.10. The maximum absolute atomic E-state index is 11.0. The van der Waals surface area contributed by atoms with Crippen molar-refractivity contribution in [2.24, 2.45) is 0 Å². The van der Waals surface area contributed by atoms with E-state index in [-0.39, 0.29) is 11.5 Å². The van der Waals surface area contributed by atoms with Crippen molar-refractivity contribution in [3.8, 4) is 11.3 Å². The fraction of sp³-hybridized carbons (Fsp3) is 0.0625. The number of nitrogens with zero attached hydrogens (tertiary/aromatic N) is 2. The molecule has 110 valence electrons. The molecular formula is C16H13N3O3.